The van der Waals surface area contributed by atoms with Crippen LogP contribution in [-0.4, -0.2) is 16.9 Å². The van der Waals surface area contributed by atoms with Crippen molar-refractivity contribution >= 4 is 27.5 Å². The number of nitrogens with zero attached hydrogens (tertiary/aromatic N) is 2. The van der Waals surface area contributed by atoms with Crippen molar-refractivity contribution < 1.29 is 9.47 Å². The molecule has 2 rings (SSSR count). The van der Waals surface area contributed by atoms with Crippen LogP contribution in [0, 0.1) is 0 Å². The molecule has 0 saturated heterocycles. The molecule has 2 aromatic rings. The summed E-state index contributed by atoms with van der Waals surface area (Å²) in [4.78, 5) is 0. The van der Waals surface area contributed by atoms with Crippen LogP contribution in [0.15, 0.2) is 18.2 Å². The van der Waals surface area contributed by atoms with Crippen molar-refractivity contribution in [3.8, 4) is 11.5 Å². The lowest BCUT2D eigenvalue weighted by Crippen LogP contribution is -2.04. The molecule has 0 unspecified atom stereocenters. The summed E-state index contributed by atoms with van der Waals surface area (Å²) in [6.45, 7) is 2.38. The van der Waals surface area contributed by atoms with Crippen molar-refractivity contribution in [1.29, 1.82) is 0 Å². The van der Waals surface area contributed by atoms with E-state index in [4.69, 9.17) is 21.1 Å². The zero-order valence-electron chi connectivity index (χ0n) is 12.3. The minimum atomic E-state index is 0.354. The summed E-state index contributed by atoms with van der Waals surface area (Å²) in [6.07, 6.45) is 0.802. The maximum absolute atomic E-state index is 6.32. The smallest absolute Gasteiger partial charge is 0.161 e. The van der Waals surface area contributed by atoms with Gasteiger partial charge in [-0.3, -0.25) is 4.68 Å². The lowest BCUT2D eigenvalue weighted by molar-refractivity contribution is 0.275. The number of methoxy groups -OCH3 is 1. The summed E-state index contributed by atoms with van der Waals surface area (Å²) in [6, 6.07) is 5.85. The van der Waals surface area contributed by atoms with Crippen LogP contribution < -0.4 is 9.47 Å². The van der Waals surface area contributed by atoms with Gasteiger partial charge in [0, 0.05) is 12.4 Å². The van der Waals surface area contributed by atoms with Gasteiger partial charge in [-0.15, -0.1) is 0 Å². The Hall–Kier alpha value is -1.20. The fourth-order valence-electron chi connectivity index (χ4n) is 2.04. The molecule has 0 aliphatic heterocycles. The third-order valence-corrected chi connectivity index (χ3v) is 4.33. The molecule has 1 aromatic carbocycles. The van der Waals surface area contributed by atoms with Gasteiger partial charge in [0.05, 0.1) is 23.5 Å². The molecule has 0 aliphatic carbocycles. The van der Waals surface area contributed by atoms with E-state index in [1.807, 2.05) is 32.2 Å². The lowest BCUT2D eigenvalue weighted by Gasteiger charge is -2.12. The lowest BCUT2D eigenvalue weighted by atomic mass is 10.2. The molecule has 0 radical (unpaired) electrons. The monoisotopic (exact) mass is 372 g/mol. The SMILES string of the molecule is CCc1nn(C)c(COc2ccc(CBr)cc2OC)c1Cl. The van der Waals surface area contributed by atoms with Crippen molar-refractivity contribution in [2.24, 2.45) is 7.05 Å². The van der Waals surface area contributed by atoms with Crippen LogP contribution in [0.4, 0.5) is 0 Å². The summed E-state index contributed by atoms with van der Waals surface area (Å²) in [7, 11) is 3.50. The van der Waals surface area contributed by atoms with Crippen molar-refractivity contribution in [3.05, 3.63) is 40.2 Å². The Balaban J connectivity index is 2.18. The molecule has 1 heterocycles. The molecule has 6 heteroatoms. The van der Waals surface area contributed by atoms with Gasteiger partial charge in [0.25, 0.3) is 0 Å². The number of benzene rings is 1. The highest BCUT2D eigenvalue weighted by atomic mass is 79.9. The normalized spacial score (nSPS) is 10.7. The molecule has 4 nitrogen and oxygen atoms in total. The van der Waals surface area contributed by atoms with E-state index in [0.29, 0.717) is 23.1 Å². The van der Waals surface area contributed by atoms with Crippen molar-refractivity contribution in [2.75, 3.05) is 7.11 Å². The Morgan fingerprint density at radius 1 is 1.33 bits per heavy atom. The zero-order valence-corrected chi connectivity index (χ0v) is 14.7. The fraction of sp³-hybridized carbons (Fsp3) is 0.400. The second-order valence-electron chi connectivity index (χ2n) is 4.59. The van der Waals surface area contributed by atoms with Crippen LogP contribution in [0.25, 0.3) is 0 Å². The summed E-state index contributed by atoms with van der Waals surface area (Å²) >= 11 is 9.74. The third-order valence-electron chi connectivity index (χ3n) is 3.25. The molecule has 0 aliphatic rings. The molecule has 0 N–H and O–H groups in total. The maximum atomic E-state index is 6.32. The maximum Gasteiger partial charge on any atom is 0.161 e. The number of hydrogen-bond donors (Lipinski definition) is 0. The van der Waals surface area contributed by atoms with E-state index in [2.05, 4.69) is 21.0 Å². The van der Waals surface area contributed by atoms with Crippen LogP contribution in [0.2, 0.25) is 5.02 Å². The van der Waals surface area contributed by atoms with Gasteiger partial charge in [0.1, 0.15) is 6.61 Å². The molecule has 0 atom stereocenters. The summed E-state index contributed by atoms with van der Waals surface area (Å²) in [5.41, 5.74) is 2.88. The average molecular weight is 374 g/mol. The zero-order chi connectivity index (χ0) is 15.4. The predicted octanol–water partition coefficient (Wildman–Crippen LogP) is 4.12. The minimum absolute atomic E-state index is 0.354. The first kappa shape index (κ1) is 16.2. The highest BCUT2D eigenvalue weighted by molar-refractivity contribution is 9.08. The predicted molar refractivity (Wildman–Crippen MR) is 87.6 cm³/mol. The Morgan fingerprint density at radius 3 is 2.67 bits per heavy atom. The standard InChI is InChI=1S/C15H18BrClN2O2/c1-4-11-15(17)12(19(2)18-11)9-21-13-6-5-10(8-16)7-14(13)20-3/h5-7H,4,8-9H2,1-3H3. The van der Waals surface area contributed by atoms with Gasteiger partial charge >= 0.3 is 0 Å². The van der Waals surface area contributed by atoms with Gasteiger partial charge in [0.2, 0.25) is 0 Å². The number of alkyl halides is 1. The molecule has 0 spiro atoms. The highest BCUT2D eigenvalue weighted by Crippen LogP contribution is 2.30. The van der Waals surface area contributed by atoms with Crippen molar-refractivity contribution in [2.45, 2.75) is 25.3 Å². The molecule has 114 valence electrons. The number of aryl methyl sites for hydroxylation is 2. The molecular weight excluding hydrogens is 356 g/mol. The number of rotatable bonds is 6. The van der Waals surface area contributed by atoms with E-state index >= 15 is 0 Å². The number of hydrogen-bond acceptors (Lipinski definition) is 3. The molecule has 0 fully saturated rings. The van der Waals surface area contributed by atoms with Crippen LogP contribution in [0.3, 0.4) is 0 Å². The molecule has 0 bridgehead atoms. The van der Waals surface area contributed by atoms with Crippen molar-refractivity contribution in [1.82, 2.24) is 9.78 Å². The molecule has 0 saturated carbocycles. The Bertz CT molecular complexity index is 628. The Labute approximate surface area is 138 Å². The molecule has 0 amide bonds. The van der Waals surface area contributed by atoms with E-state index in [1.54, 1.807) is 11.8 Å². The van der Waals surface area contributed by atoms with Gasteiger partial charge in [-0.1, -0.05) is 40.5 Å². The first-order valence-electron chi connectivity index (χ1n) is 6.66. The van der Waals surface area contributed by atoms with Gasteiger partial charge < -0.3 is 9.47 Å². The fourth-order valence-corrected chi connectivity index (χ4v) is 2.73. The van der Waals surface area contributed by atoms with E-state index in [9.17, 15) is 0 Å². The van der Waals surface area contributed by atoms with Crippen LogP contribution in [-0.2, 0) is 25.4 Å². The van der Waals surface area contributed by atoms with Crippen LogP contribution in [0.5, 0.6) is 11.5 Å². The van der Waals surface area contributed by atoms with Gasteiger partial charge in [0.15, 0.2) is 11.5 Å². The number of halogens is 2. The summed E-state index contributed by atoms with van der Waals surface area (Å²) < 4.78 is 13.0. The minimum Gasteiger partial charge on any atom is -0.493 e. The second kappa shape index (κ2) is 7.18. The first-order valence-corrected chi connectivity index (χ1v) is 8.16. The van der Waals surface area contributed by atoms with Crippen molar-refractivity contribution in [3.63, 3.8) is 0 Å². The number of ether oxygens (including phenoxy) is 2. The first-order chi connectivity index (χ1) is 10.1. The van der Waals surface area contributed by atoms with E-state index < -0.39 is 0 Å². The van der Waals surface area contributed by atoms with E-state index in [0.717, 1.165) is 28.7 Å². The third kappa shape index (κ3) is 3.52. The largest absolute Gasteiger partial charge is 0.493 e. The van der Waals surface area contributed by atoms with E-state index in [1.165, 1.54) is 0 Å². The van der Waals surface area contributed by atoms with E-state index in [-0.39, 0.29) is 0 Å². The highest BCUT2D eigenvalue weighted by Gasteiger charge is 2.14. The molecule has 1 aromatic heterocycles. The number of aromatic nitrogens is 2. The Kier molecular flexibility index (Phi) is 5.53. The topological polar surface area (TPSA) is 36.3 Å². The summed E-state index contributed by atoms with van der Waals surface area (Å²) in [5, 5.41) is 5.83. The Morgan fingerprint density at radius 2 is 2.10 bits per heavy atom. The quantitative estimate of drug-likeness (QED) is 0.715. The van der Waals surface area contributed by atoms with Crippen LogP contribution >= 0.6 is 27.5 Å². The van der Waals surface area contributed by atoms with Crippen LogP contribution in [0.1, 0.15) is 23.9 Å². The summed E-state index contributed by atoms with van der Waals surface area (Å²) in [5.74, 6) is 1.40. The molecule has 21 heavy (non-hydrogen) atoms. The average Bonchev–Trinajstić information content (AvgIpc) is 2.79. The van der Waals surface area contributed by atoms with Gasteiger partial charge in [-0.2, -0.15) is 5.10 Å². The van der Waals surface area contributed by atoms with Gasteiger partial charge in [-0.25, -0.2) is 0 Å². The second-order valence-corrected chi connectivity index (χ2v) is 5.53. The van der Waals surface area contributed by atoms with Gasteiger partial charge in [-0.05, 0) is 24.1 Å². The molecular formula is C15H18BrClN2O2.